The highest BCUT2D eigenvalue weighted by Crippen LogP contribution is 2.35. The lowest BCUT2D eigenvalue weighted by atomic mass is 9.85. The molecule has 2 aromatic rings. The third kappa shape index (κ3) is 3.58. The largest absolute Gasteiger partial charge is 0.459 e. The van der Waals surface area contributed by atoms with Gasteiger partial charge < -0.3 is 9.15 Å². The number of carbonyl (C=O) groups excluding carboxylic acids is 3. The van der Waals surface area contributed by atoms with Gasteiger partial charge in [0.2, 0.25) is 11.8 Å². The molecule has 29 heavy (non-hydrogen) atoms. The van der Waals surface area contributed by atoms with Crippen LogP contribution in [0.25, 0.3) is 11.0 Å². The Kier molecular flexibility index (Phi) is 5.00. The van der Waals surface area contributed by atoms with Crippen LogP contribution < -0.4 is 5.63 Å². The van der Waals surface area contributed by atoms with Crippen LogP contribution in [0, 0.1) is 18.8 Å². The first-order valence-electron chi connectivity index (χ1n) is 9.24. The lowest BCUT2D eigenvalue weighted by molar-refractivity contribution is -0.153. The number of amides is 2. The van der Waals surface area contributed by atoms with Crippen molar-refractivity contribution in [2.75, 3.05) is 6.54 Å². The van der Waals surface area contributed by atoms with Gasteiger partial charge in [0.15, 0.2) is 0 Å². The van der Waals surface area contributed by atoms with E-state index in [-0.39, 0.29) is 18.4 Å². The summed E-state index contributed by atoms with van der Waals surface area (Å²) in [4.78, 5) is 50.0. The van der Waals surface area contributed by atoms with Crippen molar-refractivity contribution in [3.8, 4) is 0 Å². The van der Waals surface area contributed by atoms with Crippen LogP contribution in [0.15, 0.2) is 39.6 Å². The molecule has 1 saturated heterocycles. The molecule has 0 saturated carbocycles. The maximum absolute atomic E-state index is 12.4. The van der Waals surface area contributed by atoms with Crippen molar-refractivity contribution in [2.45, 2.75) is 26.4 Å². The monoisotopic (exact) mass is 415 g/mol. The van der Waals surface area contributed by atoms with Crippen LogP contribution in [0.4, 0.5) is 0 Å². The Balaban J connectivity index is 1.48. The molecule has 1 aromatic heterocycles. The van der Waals surface area contributed by atoms with Crippen LogP contribution in [0.3, 0.4) is 0 Å². The van der Waals surface area contributed by atoms with Crippen molar-refractivity contribution >= 4 is 40.4 Å². The number of benzene rings is 1. The summed E-state index contributed by atoms with van der Waals surface area (Å²) < 4.78 is 10.4. The number of carbonyl (C=O) groups is 3. The van der Waals surface area contributed by atoms with Crippen LogP contribution in [0.5, 0.6) is 0 Å². The van der Waals surface area contributed by atoms with E-state index in [1.165, 1.54) is 6.07 Å². The standard InChI is InChI=1S/C21H18ClNO6/c1-11-6-17-15(8-16(11)22)12(7-18(24)29-17)10-28-19(25)9-23-20(26)13-4-2-3-5-14(13)21(23)27/h2-3,6-8,13-14H,4-5,9-10H2,1H3. The number of aryl methyl sites for hydroxylation is 1. The molecule has 7 nitrogen and oxygen atoms in total. The van der Waals surface area contributed by atoms with Crippen LogP contribution in [-0.4, -0.2) is 29.2 Å². The average molecular weight is 416 g/mol. The predicted molar refractivity (Wildman–Crippen MR) is 104 cm³/mol. The van der Waals surface area contributed by atoms with Gasteiger partial charge in [-0.15, -0.1) is 0 Å². The molecule has 8 heteroatoms. The van der Waals surface area contributed by atoms with Gasteiger partial charge in [0.1, 0.15) is 18.7 Å². The first-order chi connectivity index (χ1) is 13.8. The predicted octanol–water partition coefficient (Wildman–Crippen LogP) is 2.75. The van der Waals surface area contributed by atoms with Gasteiger partial charge in [-0.25, -0.2) is 4.79 Å². The second-order valence-electron chi connectivity index (χ2n) is 7.27. The fraction of sp³-hybridized carbons (Fsp3) is 0.333. The molecule has 2 heterocycles. The maximum atomic E-state index is 12.4. The first-order valence-corrected chi connectivity index (χ1v) is 9.61. The molecule has 1 fully saturated rings. The third-order valence-corrected chi connectivity index (χ3v) is 5.79. The van der Waals surface area contributed by atoms with E-state index in [1.54, 1.807) is 19.1 Å². The lowest BCUT2D eigenvalue weighted by Crippen LogP contribution is -2.36. The maximum Gasteiger partial charge on any atom is 0.336 e. The molecular weight excluding hydrogens is 398 g/mol. The molecule has 1 aliphatic carbocycles. The number of nitrogens with zero attached hydrogens (tertiary/aromatic N) is 1. The Morgan fingerprint density at radius 1 is 1.14 bits per heavy atom. The van der Waals surface area contributed by atoms with Crippen LogP contribution >= 0.6 is 11.6 Å². The van der Waals surface area contributed by atoms with Gasteiger partial charge in [-0.05, 0) is 37.5 Å². The highest BCUT2D eigenvalue weighted by atomic mass is 35.5. The van der Waals surface area contributed by atoms with Crippen LogP contribution in [0.1, 0.15) is 24.0 Å². The fourth-order valence-electron chi connectivity index (χ4n) is 3.83. The minimum Gasteiger partial charge on any atom is -0.459 e. The molecule has 4 rings (SSSR count). The van der Waals surface area contributed by atoms with E-state index in [2.05, 4.69) is 0 Å². The van der Waals surface area contributed by atoms with E-state index in [0.29, 0.717) is 34.4 Å². The molecule has 0 N–H and O–H groups in total. The summed E-state index contributed by atoms with van der Waals surface area (Å²) in [6.07, 6.45) is 4.78. The van der Waals surface area contributed by atoms with Crippen molar-refractivity contribution in [1.82, 2.24) is 4.90 Å². The molecule has 0 bridgehead atoms. The van der Waals surface area contributed by atoms with Gasteiger partial charge in [-0.3, -0.25) is 19.3 Å². The average Bonchev–Trinajstić information content (AvgIpc) is 2.93. The van der Waals surface area contributed by atoms with E-state index in [1.807, 2.05) is 12.2 Å². The van der Waals surface area contributed by atoms with Gasteiger partial charge in [0.25, 0.3) is 0 Å². The topological polar surface area (TPSA) is 93.9 Å². The molecule has 2 aliphatic rings. The lowest BCUT2D eigenvalue weighted by Gasteiger charge is -2.14. The Labute approximate surface area is 170 Å². The minimum atomic E-state index is -0.724. The molecule has 150 valence electrons. The number of esters is 1. The van der Waals surface area contributed by atoms with E-state index < -0.39 is 30.0 Å². The second kappa shape index (κ2) is 7.48. The van der Waals surface area contributed by atoms with Crippen molar-refractivity contribution in [3.05, 3.63) is 56.9 Å². The summed E-state index contributed by atoms with van der Waals surface area (Å²) in [5, 5.41) is 1.04. The third-order valence-electron chi connectivity index (χ3n) is 5.38. The van der Waals surface area contributed by atoms with Gasteiger partial charge in [0.05, 0.1) is 11.8 Å². The zero-order chi connectivity index (χ0) is 20.7. The Hall–Kier alpha value is -2.93. The van der Waals surface area contributed by atoms with E-state index >= 15 is 0 Å². The molecule has 2 unspecified atom stereocenters. The molecule has 2 amide bonds. The number of likely N-dealkylation sites (tertiary alicyclic amines) is 1. The number of fused-ring (bicyclic) bond motifs is 2. The molecule has 0 radical (unpaired) electrons. The second-order valence-corrected chi connectivity index (χ2v) is 7.67. The van der Waals surface area contributed by atoms with Crippen molar-refractivity contribution in [1.29, 1.82) is 0 Å². The number of halogens is 1. The normalized spacial score (nSPS) is 21.0. The van der Waals surface area contributed by atoms with Crippen LogP contribution in [0.2, 0.25) is 5.02 Å². The van der Waals surface area contributed by atoms with E-state index in [9.17, 15) is 19.2 Å². The summed E-state index contributed by atoms with van der Waals surface area (Å²) >= 11 is 6.15. The molecular formula is C21H18ClNO6. The molecule has 1 aliphatic heterocycles. The number of hydrogen-bond acceptors (Lipinski definition) is 6. The minimum absolute atomic E-state index is 0.203. The van der Waals surface area contributed by atoms with E-state index in [0.717, 1.165) is 10.5 Å². The molecule has 1 aromatic carbocycles. The van der Waals surface area contributed by atoms with Crippen molar-refractivity contribution in [3.63, 3.8) is 0 Å². The zero-order valence-corrected chi connectivity index (χ0v) is 16.4. The summed E-state index contributed by atoms with van der Waals surface area (Å²) in [6, 6.07) is 4.51. The van der Waals surface area contributed by atoms with Gasteiger partial charge in [-0.1, -0.05) is 23.8 Å². The number of ether oxygens (including phenoxy) is 1. The summed E-state index contributed by atoms with van der Waals surface area (Å²) in [7, 11) is 0. The van der Waals surface area contributed by atoms with E-state index in [4.69, 9.17) is 20.8 Å². The smallest absolute Gasteiger partial charge is 0.336 e. The number of imide groups is 1. The summed E-state index contributed by atoms with van der Waals surface area (Å²) in [5.74, 6) is -2.19. The van der Waals surface area contributed by atoms with Gasteiger partial charge in [-0.2, -0.15) is 0 Å². The highest BCUT2D eigenvalue weighted by molar-refractivity contribution is 6.32. The SMILES string of the molecule is Cc1cc2oc(=O)cc(COC(=O)CN3C(=O)C4CC=CCC4C3=O)c2cc1Cl. The van der Waals surface area contributed by atoms with Crippen molar-refractivity contribution in [2.24, 2.45) is 11.8 Å². The first kappa shape index (κ1) is 19.4. The van der Waals surface area contributed by atoms with Crippen LogP contribution in [-0.2, 0) is 25.7 Å². The Morgan fingerprint density at radius 3 is 2.45 bits per heavy atom. The molecule has 2 atom stereocenters. The zero-order valence-electron chi connectivity index (χ0n) is 15.6. The summed E-state index contributed by atoms with van der Waals surface area (Å²) in [6.45, 7) is 1.14. The Bertz CT molecular complexity index is 1090. The van der Waals surface area contributed by atoms with Gasteiger partial charge in [0, 0.05) is 22.0 Å². The number of hydrogen-bond donors (Lipinski definition) is 0. The number of allylic oxidation sites excluding steroid dienone is 2. The van der Waals surface area contributed by atoms with Crippen molar-refractivity contribution < 1.29 is 23.5 Å². The Morgan fingerprint density at radius 2 is 1.79 bits per heavy atom. The number of rotatable bonds is 4. The molecule has 0 spiro atoms. The fourth-order valence-corrected chi connectivity index (χ4v) is 3.99. The summed E-state index contributed by atoms with van der Waals surface area (Å²) in [5.41, 5.74) is 0.945. The quantitative estimate of drug-likeness (QED) is 0.330. The van der Waals surface area contributed by atoms with Gasteiger partial charge >= 0.3 is 11.6 Å². The highest BCUT2D eigenvalue weighted by Gasteiger charge is 2.47.